The number of imide groups is 1. The molecule has 22 heteroatoms. The summed E-state index contributed by atoms with van der Waals surface area (Å²) in [5, 5.41) is 48.6. The van der Waals surface area contributed by atoms with Gasteiger partial charge in [0.05, 0.1) is 0 Å². The summed E-state index contributed by atoms with van der Waals surface area (Å²) in [4.78, 5) is 133. The predicted molar refractivity (Wildman–Crippen MR) is 245 cm³/mol. The van der Waals surface area contributed by atoms with Crippen LogP contribution in [0.5, 0.6) is 0 Å². The lowest BCUT2D eigenvalue weighted by molar-refractivity contribution is -0.166. The predicted octanol–water partition coefficient (Wildman–Crippen LogP) is 3.25. The third-order valence-electron chi connectivity index (χ3n) is 11.1. The highest BCUT2D eigenvalue weighted by atomic mass is 16.5. The van der Waals surface area contributed by atoms with Gasteiger partial charge in [-0.25, -0.2) is 20.0 Å². The first-order chi connectivity index (χ1) is 32.9. The van der Waals surface area contributed by atoms with Gasteiger partial charge in [-0.2, -0.15) is 0 Å². The zero-order valence-corrected chi connectivity index (χ0v) is 39.5. The minimum Gasteiger partial charge on any atom is -0.480 e. The molecule has 0 unspecified atom stereocenters. The number of hydroxylamine groups is 6. The van der Waals surface area contributed by atoms with E-state index < -0.39 is 47.5 Å². The molecule has 7 N–H and O–H groups in total. The molecule has 382 valence electrons. The van der Waals surface area contributed by atoms with E-state index in [4.69, 9.17) is 0 Å². The van der Waals surface area contributed by atoms with Crippen LogP contribution in [0, 0.1) is 0 Å². The summed E-state index contributed by atoms with van der Waals surface area (Å²) < 4.78 is 0. The van der Waals surface area contributed by atoms with E-state index in [1.54, 1.807) is 0 Å². The second-order valence-electron chi connectivity index (χ2n) is 16.7. The minimum absolute atomic E-state index is 0.0172. The number of aliphatic carboxylic acids is 1. The van der Waals surface area contributed by atoms with Crippen LogP contribution in [-0.4, -0.2) is 151 Å². The molecule has 1 aliphatic rings. The summed E-state index contributed by atoms with van der Waals surface area (Å²) in [6, 6.07) is 4.64. The van der Waals surface area contributed by atoms with Crippen molar-refractivity contribution < 1.29 is 73.5 Å². The Labute approximate surface area is 401 Å². The Balaban J connectivity index is 1.49. The summed E-state index contributed by atoms with van der Waals surface area (Å²) in [7, 11) is 0. The van der Waals surface area contributed by atoms with Crippen molar-refractivity contribution >= 4 is 64.8 Å². The van der Waals surface area contributed by atoms with Crippen LogP contribution in [0.2, 0.25) is 0 Å². The molecule has 1 heterocycles. The molecule has 0 spiro atoms. The first kappa shape index (κ1) is 58.7. The van der Waals surface area contributed by atoms with Gasteiger partial charge >= 0.3 is 5.97 Å². The van der Waals surface area contributed by atoms with Crippen LogP contribution in [-0.2, 0) is 43.2 Å². The largest absolute Gasteiger partial charge is 0.480 e. The Hall–Kier alpha value is -6.39. The fourth-order valence-electron chi connectivity index (χ4n) is 6.91. The second-order valence-corrected chi connectivity index (χ2v) is 16.7. The van der Waals surface area contributed by atoms with Gasteiger partial charge in [0, 0.05) is 114 Å². The average molecular weight is 972 g/mol. The highest BCUT2D eigenvalue weighted by Gasteiger charge is 2.24. The van der Waals surface area contributed by atoms with Crippen molar-refractivity contribution in [3.63, 3.8) is 0 Å². The van der Waals surface area contributed by atoms with Gasteiger partial charge in [0.1, 0.15) is 11.8 Å². The fraction of sp³-hybridized carbons (Fsp3) is 0.596. The number of hydrogen-bond acceptors (Lipinski definition) is 14. The molecular weight excluding hydrogens is 903 g/mol. The maximum absolute atomic E-state index is 12.7. The lowest BCUT2D eigenvalue weighted by Crippen LogP contribution is -2.41. The minimum atomic E-state index is -1.25. The molecule has 8 amide bonds. The van der Waals surface area contributed by atoms with Gasteiger partial charge in [-0.1, -0.05) is 25.0 Å². The van der Waals surface area contributed by atoms with E-state index in [9.17, 15) is 73.5 Å². The number of benzene rings is 1. The smallest absolute Gasteiger partial charge is 0.326 e. The van der Waals surface area contributed by atoms with E-state index >= 15 is 0 Å². The summed E-state index contributed by atoms with van der Waals surface area (Å²) >= 11 is 0. The molecule has 1 aromatic rings. The molecule has 0 bridgehead atoms. The van der Waals surface area contributed by atoms with Crippen LogP contribution in [0.25, 0.3) is 0 Å². The number of rotatable bonds is 37. The third kappa shape index (κ3) is 25.0. The summed E-state index contributed by atoms with van der Waals surface area (Å²) in [5.74, 6) is -5.53. The summed E-state index contributed by atoms with van der Waals surface area (Å²) in [5.41, 5.74) is 0.565. The van der Waals surface area contributed by atoms with Crippen LogP contribution in [0.1, 0.15) is 156 Å². The molecule has 0 aromatic heterocycles. The number of ketones is 2. The number of carbonyl (C=O) groups is 11. The van der Waals surface area contributed by atoms with Gasteiger partial charge < -0.3 is 21.1 Å². The Morgan fingerprint density at radius 3 is 1.64 bits per heavy atom. The monoisotopic (exact) mass is 971 g/mol. The summed E-state index contributed by atoms with van der Waals surface area (Å²) in [6.07, 6.45) is 8.37. The third-order valence-corrected chi connectivity index (χ3v) is 11.1. The molecule has 1 aliphatic heterocycles. The van der Waals surface area contributed by atoms with Crippen molar-refractivity contribution in [1.29, 1.82) is 0 Å². The van der Waals surface area contributed by atoms with Crippen molar-refractivity contribution in [2.24, 2.45) is 0 Å². The van der Waals surface area contributed by atoms with Crippen LogP contribution in [0.15, 0.2) is 36.4 Å². The standard InChI is InChI=1S/C47H69N7O15/c1-34(55)52(67)31-11-4-8-28-48-40(58)23-25-45(63)54(69)32-10-3-2-6-14-37(56)20-24-44(62)53(68)33-12-5-9-29-49-46(64)36-18-16-35(17-19-36)39(57)21-22-41(59)50-38(47(65)66)15-7-13-30-51-42(60)26-27-43(51)61/h16-19,26-27,38,67-69H,2-15,20-25,28-33H2,1H3,(H,48,58)(H,49,64)(H,50,59)(H,65,66)/t38-/m0/s1. The number of amides is 8. The van der Waals surface area contributed by atoms with Crippen LogP contribution < -0.4 is 16.0 Å². The van der Waals surface area contributed by atoms with Crippen molar-refractivity contribution in [3.8, 4) is 0 Å². The lowest BCUT2D eigenvalue weighted by Gasteiger charge is -2.16. The Morgan fingerprint density at radius 1 is 0.551 bits per heavy atom. The zero-order chi connectivity index (χ0) is 51.1. The molecule has 0 aliphatic carbocycles. The van der Waals surface area contributed by atoms with E-state index in [0.29, 0.717) is 111 Å². The van der Waals surface area contributed by atoms with Gasteiger partial charge in [0.25, 0.3) is 17.7 Å². The Morgan fingerprint density at radius 2 is 1.06 bits per heavy atom. The molecule has 2 rings (SSSR count). The fourth-order valence-corrected chi connectivity index (χ4v) is 6.91. The van der Waals surface area contributed by atoms with Crippen molar-refractivity contribution in [2.45, 2.75) is 141 Å². The van der Waals surface area contributed by atoms with Crippen molar-refractivity contribution in [1.82, 2.24) is 36.0 Å². The maximum atomic E-state index is 12.7. The highest BCUT2D eigenvalue weighted by Crippen LogP contribution is 2.13. The van der Waals surface area contributed by atoms with Crippen molar-refractivity contribution in [3.05, 3.63) is 47.5 Å². The molecule has 69 heavy (non-hydrogen) atoms. The van der Waals surface area contributed by atoms with Gasteiger partial charge in [-0.05, 0) is 82.8 Å². The van der Waals surface area contributed by atoms with Crippen LogP contribution >= 0.6 is 0 Å². The first-order valence-corrected chi connectivity index (χ1v) is 23.6. The topological polar surface area (TPSA) is 318 Å². The summed E-state index contributed by atoms with van der Waals surface area (Å²) in [6.45, 7) is 2.45. The zero-order valence-electron chi connectivity index (χ0n) is 39.5. The second kappa shape index (κ2) is 33.2. The normalized spacial score (nSPS) is 12.3. The molecule has 1 aromatic carbocycles. The van der Waals surface area contributed by atoms with E-state index in [-0.39, 0.29) is 106 Å². The van der Waals surface area contributed by atoms with E-state index in [1.165, 1.54) is 31.2 Å². The van der Waals surface area contributed by atoms with Crippen LogP contribution in [0.3, 0.4) is 0 Å². The Kier molecular flexibility index (Phi) is 28.2. The molecule has 0 fully saturated rings. The van der Waals surface area contributed by atoms with Crippen molar-refractivity contribution in [2.75, 3.05) is 39.3 Å². The number of carboxylic acids is 1. The SMILES string of the molecule is CC(=O)N(O)CCCCCNC(=O)CCC(=O)N(O)CCCCCCC(=O)CCC(=O)N(O)CCCCCNC(=O)c1ccc(C(=O)CCC(=O)N[C@@H](CCCCN2C(=O)C=CC2=O)C(=O)O)cc1. The molecule has 0 saturated carbocycles. The van der Waals surface area contributed by atoms with E-state index in [2.05, 4.69) is 16.0 Å². The molecule has 22 nitrogen and oxygen atoms in total. The average Bonchev–Trinajstić information content (AvgIpc) is 3.65. The van der Waals surface area contributed by atoms with Gasteiger partial charge in [0.15, 0.2) is 5.78 Å². The van der Waals surface area contributed by atoms with E-state index in [0.717, 1.165) is 17.1 Å². The number of nitrogens with zero attached hydrogens (tertiary/aromatic N) is 4. The number of nitrogens with one attached hydrogen (secondary N) is 3. The molecule has 0 saturated heterocycles. The Bertz CT molecular complexity index is 1920. The van der Waals surface area contributed by atoms with Gasteiger partial charge in [0.2, 0.25) is 29.5 Å². The number of carboxylic acid groups (broad SMARTS) is 1. The molecule has 1 atom stereocenters. The highest BCUT2D eigenvalue weighted by molar-refractivity contribution is 6.12. The van der Waals surface area contributed by atoms with E-state index in [1.807, 2.05) is 0 Å². The maximum Gasteiger partial charge on any atom is 0.326 e. The number of Topliss-reactive ketones (excluding diaryl/α,β-unsaturated/α-hetero) is 2. The van der Waals surface area contributed by atoms with Gasteiger partial charge in [-0.15, -0.1) is 0 Å². The lowest BCUT2D eigenvalue weighted by atomic mass is 10.0. The first-order valence-electron chi connectivity index (χ1n) is 23.6. The number of hydrogen-bond donors (Lipinski definition) is 7. The number of unbranched alkanes of at least 4 members (excludes halogenated alkanes) is 8. The van der Waals surface area contributed by atoms with Gasteiger partial charge in [-0.3, -0.25) is 68.5 Å². The molecular formula is C47H69N7O15. The number of carbonyl (C=O) groups excluding carboxylic acids is 10. The molecule has 0 radical (unpaired) electrons. The van der Waals surface area contributed by atoms with Crippen LogP contribution in [0.4, 0.5) is 0 Å². The quantitative estimate of drug-likeness (QED) is 0.0166.